The van der Waals surface area contributed by atoms with Crippen LogP contribution in [0.1, 0.15) is 21.1 Å². The summed E-state index contributed by atoms with van der Waals surface area (Å²) in [6.07, 6.45) is -4.62. The first kappa shape index (κ1) is 18.0. The molecule has 3 rings (SSSR count). The highest BCUT2D eigenvalue weighted by atomic mass is 32.1. The number of aromatic nitrogens is 4. The van der Waals surface area contributed by atoms with Gasteiger partial charge in [-0.2, -0.15) is 18.3 Å². The van der Waals surface area contributed by atoms with Crippen molar-refractivity contribution in [1.29, 1.82) is 0 Å². The number of carbonyl (C=O) groups is 1. The molecule has 0 saturated heterocycles. The van der Waals surface area contributed by atoms with E-state index in [0.717, 1.165) is 28.3 Å². The lowest BCUT2D eigenvalue weighted by Gasteiger charge is -2.08. The van der Waals surface area contributed by atoms with Gasteiger partial charge in [-0.3, -0.25) is 9.48 Å². The van der Waals surface area contributed by atoms with E-state index in [0.29, 0.717) is 5.69 Å². The third-order valence-electron chi connectivity index (χ3n) is 3.53. The molecule has 0 bridgehead atoms. The van der Waals surface area contributed by atoms with Crippen LogP contribution in [-0.2, 0) is 13.2 Å². The zero-order valence-corrected chi connectivity index (χ0v) is 14.2. The smallest absolute Gasteiger partial charge is 0.321 e. The van der Waals surface area contributed by atoms with Crippen molar-refractivity contribution in [2.45, 2.75) is 13.1 Å². The van der Waals surface area contributed by atoms with Crippen LogP contribution in [-0.4, -0.2) is 25.3 Å². The van der Waals surface area contributed by atoms with Crippen LogP contribution in [0.5, 0.6) is 0 Å². The summed E-state index contributed by atoms with van der Waals surface area (Å²) in [7, 11) is 1.29. The molecule has 3 aromatic rings. The van der Waals surface area contributed by atoms with Gasteiger partial charge in [-0.25, -0.2) is 4.39 Å². The van der Waals surface area contributed by atoms with Gasteiger partial charge >= 0.3 is 6.18 Å². The van der Waals surface area contributed by atoms with Crippen LogP contribution in [0.4, 0.5) is 23.2 Å². The maximum absolute atomic E-state index is 14.4. The number of nitrogens with zero attached hydrogens (tertiary/aromatic N) is 4. The van der Waals surface area contributed by atoms with E-state index in [1.54, 1.807) is 6.92 Å². The number of aryl methyl sites for hydroxylation is 2. The van der Waals surface area contributed by atoms with E-state index in [1.165, 1.54) is 19.2 Å². The highest BCUT2D eigenvalue weighted by Crippen LogP contribution is 2.32. The molecular weight excluding hydrogens is 374 g/mol. The van der Waals surface area contributed by atoms with Crippen molar-refractivity contribution in [1.82, 2.24) is 19.4 Å². The minimum atomic E-state index is -4.62. The van der Waals surface area contributed by atoms with Gasteiger partial charge in [0.05, 0.1) is 11.4 Å². The molecule has 1 amide bonds. The summed E-state index contributed by atoms with van der Waals surface area (Å²) in [4.78, 5) is 12.4. The number of anilines is 1. The second-order valence-corrected chi connectivity index (χ2v) is 6.13. The van der Waals surface area contributed by atoms with Crippen molar-refractivity contribution in [3.8, 4) is 11.3 Å². The fourth-order valence-corrected chi connectivity index (χ4v) is 2.84. The normalized spacial score (nSPS) is 11.6. The first-order chi connectivity index (χ1) is 12.2. The van der Waals surface area contributed by atoms with Crippen molar-refractivity contribution >= 4 is 23.1 Å². The minimum Gasteiger partial charge on any atom is -0.321 e. The van der Waals surface area contributed by atoms with E-state index in [9.17, 15) is 22.4 Å². The molecule has 136 valence electrons. The molecule has 0 aliphatic heterocycles. The lowest BCUT2D eigenvalue weighted by Crippen LogP contribution is -2.11. The second kappa shape index (κ2) is 6.48. The van der Waals surface area contributed by atoms with Crippen LogP contribution in [0.3, 0.4) is 0 Å². The van der Waals surface area contributed by atoms with Crippen LogP contribution < -0.4 is 5.32 Å². The molecule has 0 spiro atoms. The van der Waals surface area contributed by atoms with Crippen LogP contribution in [0.25, 0.3) is 11.3 Å². The Balaban J connectivity index is 1.88. The number of benzene rings is 1. The predicted molar refractivity (Wildman–Crippen MR) is 86.2 cm³/mol. The van der Waals surface area contributed by atoms with Crippen molar-refractivity contribution in [3.63, 3.8) is 0 Å². The van der Waals surface area contributed by atoms with Crippen LogP contribution >= 0.6 is 11.5 Å². The summed E-state index contributed by atoms with van der Waals surface area (Å²) < 4.78 is 57.2. The van der Waals surface area contributed by atoms with Gasteiger partial charge in [-0.1, -0.05) is 4.49 Å². The SMILES string of the molecule is Cc1nnsc1C(=O)Nc1ccc(-c2cc(C(F)(F)F)nn2C)c(F)c1. The summed E-state index contributed by atoms with van der Waals surface area (Å²) in [6, 6.07) is 4.46. The third-order valence-corrected chi connectivity index (χ3v) is 4.36. The van der Waals surface area contributed by atoms with Gasteiger partial charge in [0.1, 0.15) is 10.7 Å². The monoisotopic (exact) mass is 385 g/mol. The summed E-state index contributed by atoms with van der Waals surface area (Å²) in [6.45, 7) is 1.61. The molecule has 1 N–H and O–H groups in total. The molecule has 0 fully saturated rings. The van der Waals surface area contributed by atoms with Gasteiger partial charge in [-0.15, -0.1) is 5.10 Å². The van der Waals surface area contributed by atoms with E-state index in [2.05, 4.69) is 20.0 Å². The lowest BCUT2D eigenvalue weighted by atomic mass is 10.1. The molecule has 0 atom stereocenters. The standard InChI is InChI=1S/C15H11F4N5OS/c1-7-13(26-23-21-7)14(25)20-8-3-4-9(10(16)5-8)11-6-12(15(17,18)19)22-24(11)2/h3-6H,1-2H3,(H,20,25). The average molecular weight is 385 g/mol. The first-order valence-corrected chi connectivity index (χ1v) is 7.95. The van der Waals surface area contributed by atoms with E-state index in [4.69, 9.17) is 0 Å². The molecule has 26 heavy (non-hydrogen) atoms. The fourth-order valence-electron chi connectivity index (χ4n) is 2.29. The number of rotatable bonds is 3. The number of nitrogens with one attached hydrogen (secondary N) is 1. The van der Waals surface area contributed by atoms with Gasteiger partial charge in [0.2, 0.25) is 0 Å². The second-order valence-electron chi connectivity index (χ2n) is 5.37. The number of alkyl halides is 3. The van der Waals surface area contributed by atoms with E-state index >= 15 is 0 Å². The quantitative estimate of drug-likeness (QED) is 0.699. The maximum Gasteiger partial charge on any atom is 0.435 e. The number of amides is 1. The summed E-state index contributed by atoms with van der Waals surface area (Å²) in [5.41, 5.74) is -0.610. The Morgan fingerprint density at radius 3 is 2.54 bits per heavy atom. The zero-order chi connectivity index (χ0) is 19.1. The average Bonchev–Trinajstić information content (AvgIpc) is 3.13. The minimum absolute atomic E-state index is 0.0322. The van der Waals surface area contributed by atoms with Gasteiger partial charge < -0.3 is 5.32 Å². The van der Waals surface area contributed by atoms with Gasteiger partial charge in [0.15, 0.2) is 5.69 Å². The summed E-state index contributed by atoms with van der Waals surface area (Å²) in [5.74, 6) is -1.29. The molecule has 0 aliphatic rings. The van der Waals surface area contributed by atoms with Gasteiger partial charge in [0, 0.05) is 18.3 Å². The van der Waals surface area contributed by atoms with Crippen LogP contribution in [0.15, 0.2) is 24.3 Å². The topological polar surface area (TPSA) is 72.7 Å². The molecule has 11 heteroatoms. The van der Waals surface area contributed by atoms with E-state index < -0.39 is 23.6 Å². The molecule has 0 unspecified atom stereocenters. The van der Waals surface area contributed by atoms with E-state index in [-0.39, 0.29) is 21.8 Å². The summed E-state index contributed by atoms with van der Waals surface area (Å²) >= 11 is 0.903. The molecule has 0 saturated carbocycles. The number of halogens is 4. The molecule has 1 aromatic carbocycles. The molecule has 0 radical (unpaired) electrons. The van der Waals surface area contributed by atoms with Crippen LogP contribution in [0.2, 0.25) is 0 Å². The highest BCUT2D eigenvalue weighted by molar-refractivity contribution is 7.08. The zero-order valence-electron chi connectivity index (χ0n) is 13.4. The van der Waals surface area contributed by atoms with Gasteiger partial charge in [0.25, 0.3) is 5.91 Å². The molecule has 2 aromatic heterocycles. The van der Waals surface area contributed by atoms with Gasteiger partial charge in [-0.05, 0) is 42.7 Å². The Morgan fingerprint density at radius 2 is 2.00 bits per heavy atom. The largest absolute Gasteiger partial charge is 0.435 e. The number of hydrogen-bond donors (Lipinski definition) is 1. The predicted octanol–water partition coefficient (Wildman–Crippen LogP) is 3.66. The lowest BCUT2D eigenvalue weighted by molar-refractivity contribution is -0.141. The molecule has 2 heterocycles. The van der Waals surface area contributed by atoms with Crippen molar-refractivity contribution in [2.24, 2.45) is 7.05 Å². The molecule has 6 nitrogen and oxygen atoms in total. The summed E-state index contributed by atoms with van der Waals surface area (Å²) in [5, 5.41) is 9.57. The Hall–Kier alpha value is -2.82. The molecule has 0 aliphatic carbocycles. The number of hydrogen-bond acceptors (Lipinski definition) is 5. The number of carbonyl (C=O) groups excluding carboxylic acids is 1. The maximum atomic E-state index is 14.4. The Bertz CT molecular complexity index is 979. The Labute approximate surface area is 148 Å². The first-order valence-electron chi connectivity index (χ1n) is 7.18. The van der Waals surface area contributed by atoms with Crippen molar-refractivity contribution in [3.05, 3.63) is 46.3 Å². The third kappa shape index (κ3) is 3.43. The highest BCUT2D eigenvalue weighted by Gasteiger charge is 2.35. The van der Waals surface area contributed by atoms with E-state index in [1.807, 2.05) is 0 Å². The van der Waals surface area contributed by atoms with Crippen LogP contribution in [0, 0.1) is 12.7 Å². The Morgan fingerprint density at radius 1 is 1.27 bits per heavy atom. The fraction of sp³-hybridized carbons (Fsp3) is 0.200. The van der Waals surface area contributed by atoms with Crippen molar-refractivity contribution < 1.29 is 22.4 Å². The molecular formula is C15H11F4N5OS. The Kier molecular flexibility index (Phi) is 4.48. The van der Waals surface area contributed by atoms with Crippen molar-refractivity contribution in [2.75, 3.05) is 5.32 Å².